The summed E-state index contributed by atoms with van der Waals surface area (Å²) in [6.45, 7) is 8.00. The number of aryl methyl sites for hydroxylation is 2. The lowest BCUT2D eigenvalue weighted by atomic mass is 9.81. The summed E-state index contributed by atoms with van der Waals surface area (Å²) in [7, 11) is 0. The summed E-state index contributed by atoms with van der Waals surface area (Å²) >= 11 is 0. The highest BCUT2D eigenvalue weighted by atomic mass is 15.0. The van der Waals surface area contributed by atoms with E-state index in [-0.39, 0.29) is 0 Å². The number of aromatic nitrogens is 5. The summed E-state index contributed by atoms with van der Waals surface area (Å²) in [6, 6.07) is 36.6. The Morgan fingerprint density at radius 3 is 1.50 bits per heavy atom. The molecule has 10 rings (SSSR count). The molecular weight excluding hydrogens is 635 g/mol. The Bertz CT molecular complexity index is 2390. The Morgan fingerprint density at radius 1 is 0.423 bits per heavy atom. The first-order valence-corrected chi connectivity index (χ1v) is 18.9. The van der Waals surface area contributed by atoms with Gasteiger partial charge in [0.2, 0.25) is 0 Å². The average molecular weight is 680 g/mol. The van der Waals surface area contributed by atoms with E-state index in [0.29, 0.717) is 5.82 Å². The zero-order chi connectivity index (χ0) is 35.9. The molecule has 0 N–H and O–H groups in total. The number of nitrogens with zero attached hydrogens (tertiary/aromatic N) is 5. The maximum absolute atomic E-state index is 5.03. The largest absolute Gasteiger partial charge is 0.236 e. The average Bonchev–Trinajstić information content (AvgIpc) is 3.21. The van der Waals surface area contributed by atoms with Gasteiger partial charge in [0.15, 0.2) is 11.6 Å². The van der Waals surface area contributed by atoms with Crippen molar-refractivity contribution in [2.24, 2.45) is 0 Å². The monoisotopic (exact) mass is 679 g/mol. The first-order chi connectivity index (χ1) is 25.8. The van der Waals surface area contributed by atoms with E-state index < -0.39 is 0 Å². The quantitative estimate of drug-likeness (QED) is 0.174. The van der Waals surface area contributed by atoms with Crippen LogP contribution in [-0.2, 0) is 12.8 Å². The van der Waals surface area contributed by atoms with E-state index in [1.807, 2.05) is 40.1 Å². The SMILES string of the molecule is C1CCC1.CC.CC.c1ccc2c(c1)CCc1c-2cc(-c2ncc(-c3c4ccccc4c(-c4ncncn4)c4ccccc34)cn2)c2ccccc12. The van der Waals surface area contributed by atoms with Crippen LogP contribution >= 0.6 is 0 Å². The molecule has 0 atom stereocenters. The molecule has 5 nitrogen and oxygen atoms in total. The van der Waals surface area contributed by atoms with Crippen LogP contribution in [0.4, 0.5) is 0 Å². The van der Waals surface area contributed by atoms with Gasteiger partial charge in [-0.05, 0) is 73.5 Å². The van der Waals surface area contributed by atoms with E-state index in [1.165, 1.54) is 58.7 Å². The molecular formula is C47H45N5. The first-order valence-electron chi connectivity index (χ1n) is 18.9. The van der Waals surface area contributed by atoms with Crippen molar-refractivity contribution >= 4 is 32.3 Å². The van der Waals surface area contributed by atoms with Crippen molar-refractivity contribution in [2.75, 3.05) is 0 Å². The van der Waals surface area contributed by atoms with Crippen LogP contribution in [0.5, 0.6) is 0 Å². The number of hydrogen-bond acceptors (Lipinski definition) is 5. The predicted octanol–water partition coefficient (Wildman–Crippen LogP) is 12.5. The highest BCUT2D eigenvalue weighted by Gasteiger charge is 2.22. The minimum absolute atomic E-state index is 0.659. The van der Waals surface area contributed by atoms with Crippen molar-refractivity contribution in [1.29, 1.82) is 0 Å². The van der Waals surface area contributed by atoms with Gasteiger partial charge < -0.3 is 0 Å². The third-order valence-electron chi connectivity index (χ3n) is 9.94. The van der Waals surface area contributed by atoms with Crippen molar-refractivity contribution in [3.8, 4) is 45.0 Å². The molecule has 2 aromatic heterocycles. The topological polar surface area (TPSA) is 64.5 Å². The molecule has 2 aliphatic carbocycles. The predicted molar refractivity (Wildman–Crippen MR) is 218 cm³/mol. The molecule has 1 saturated carbocycles. The van der Waals surface area contributed by atoms with Gasteiger partial charge in [0.25, 0.3) is 0 Å². The van der Waals surface area contributed by atoms with Crippen LogP contribution in [0, 0.1) is 0 Å². The van der Waals surface area contributed by atoms with Gasteiger partial charge in [0.1, 0.15) is 12.7 Å². The minimum atomic E-state index is 0.659. The van der Waals surface area contributed by atoms with Gasteiger partial charge in [0.05, 0.1) is 0 Å². The van der Waals surface area contributed by atoms with E-state index in [1.54, 1.807) is 12.7 Å². The normalized spacial score (nSPS) is 12.5. The summed E-state index contributed by atoms with van der Waals surface area (Å²) in [5, 5.41) is 6.85. The third-order valence-corrected chi connectivity index (χ3v) is 9.94. The molecule has 0 bridgehead atoms. The Labute approximate surface area is 306 Å². The van der Waals surface area contributed by atoms with Crippen LogP contribution in [0.1, 0.15) is 64.5 Å². The maximum atomic E-state index is 5.03. The molecule has 52 heavy (non-hydrogen) atoms. The minimum Gasteiger partial charge on any atom is -0.236 e. The second-order valence-electron chi connectivity index (χ2n) is 12.7. The van der Waals surface area contributed by atoms with E-state index in [9.17, 15) is 0 Å². The Hall–Kier alpha value is -5.81. The summed E-state index contributed by atoms with van der Waals surface area (Å²) in [4.78, 5) is 23.1. The van der Waals surface area contributed by atoms with E-state index in [4.69, 9.17) is 9.97 Å². The van der Waals surface area contributed by atoms with Crippen molar-refractivity contribution < 1.29 is 0 Å². The van der Waals surface area contributed by atoms with Crippen LogP contribution in [0.3, 0.4) is 0 Å². The molecule has 1 fully saturated rings. The molecule has 2 heterocycles. The summed E-state index contributed by atoms with van der Waals surface area (Å²) in [5.74, 6) is 1.39. The van der Waals surface area contributed by atoms with Gasteiger partial charge in [0, 0.05) is 34.6 Å². The van der Waals surface area contributed by atoms with Gasteiger partial charge in [-0.15, -0.1) is 0 Å². The summed E-state index contributed by atoms with van der Waals surface area (Å²) in [5.41, 5.74) is 9.55. The van der Waals surface area contributed by atoms with Crippen molar-refractivity contribution in [2.45, 2.75) is 66.2 Å². The fourth-order valence-corrected chi connectivity index (χ4v) is 7.29. The molecule has 0 spiro atoms. The fraction of sp³-hybridized carbons (Fsp3) is 0.213. The Kier molecular flexibility index (Phi) is 10.7. The van der Waals surface area contributed by atoms with E-state index in [2.05, 4.69) is 118 Å². The molecule has 0 amide bonds. The lowest BCUT2D eigenvalue weighted by Gasteiger charge is -2.23. The van der Waals surface area contributed by atoms with Gasteiger partial charge >= 0.3 is 0 Å². The van der Waals surface area contributed by atoms with Gasteiger partial charge in [-0.2, -0.15) is 0 Å². The van der Waals surface area contributed by atoms with Crippen molar-refractivity contribution in [3.63, 3.8) is 0 Å². The Balaban J connectivity index is 0.000000480. The van der Waals surface area contributed by atoms with Gasteiger partial charge in [-0.3, -0.25) is 0 Å². The molecule has 0 aliphatic heterocycles. The zero-order valence-electron chi connectivity index (χ0n) is 30.6. The Morgan fingerprint density at radius 2 is 0.923 bits per heavy atom. The van der Waals surface area contributed by atoms with Crippen molar-refractivity contribution in [1.82, 2.24) is 24.9 Å². The number of hydrogen-bond donors (Lipinski definition) is 0. The van der Waals surface area contributed by atoms with Crippen LogP contribution in [0.2, 0.25) is 0 Å². The molecule has 258 valence electrons. The van der Waals surface area contributed by atoms with E-state index in [0.717, 1.165) is 62.5 Å². The molecule has 0 unspecified atom stereocenters. The molecule has 8 aromatic rings. The lowest BCUT2D eigenvalue weighted by Crippen LogP contribution is -2.05. The maximum Gasteiger partial charge on any atom is 0.163 e. The van der Waals surface area contributed by atoms with Gasteiger partial charge in [-0.25, -0.2) is 24.9 Å². The summed E-state index contributed by atoms with van der Waals surface area (Å²) in [6.07, 6.45) is 15.1. The van der Waals surface area contributed by atoms with E-state index >= 15 is 0 Å². The standard InChI is InChI=1S/C39H25N5.C4H8.2C2H6/c1-2-10-26-24(9-1)17-18-29-27-11-3-4-12-28(27)35(19-34(26)29)38-41-20-25(21-42-38)36-30-13-5-7-15-32(30)37(39-43-22-40-23-44-39)33-16-8-6-14-31(33)36;1-2-4-3-1;2*1-2/h1-16,19-23H,17-18H2;1-4H2;2*1-2H3. The second-order valence-corrected chi connectivity index (χ2v) is 12.7. The molecule has 0 saturated heterocycles. The number of fused-ring (bicyclic) bond motifs is 7. The fourth-order valence-electron chi connectivity index (χ4n) is 7.29. The second kappa shape index (κ2) is 16.0. The smallest absolute Gasteiger partial charge is 0.163 e. The molecule has 6 aromatic carbocycles. The molecule has 5 heteroatoms. The highest BCUT2D eigenvalue weighted by Crippen LogP contribution is 2.44. The third kappa shape index (κ3) is 6.43. The first kappa shape index (κ1) is 34.6. The van der Waals surface area contributed by atoms with Crippen LogP contribution in [0.15, 0.2) is 128 Å². The summed E-state index contributed by atoms with van der Waals surface area (Å²) < 4.78 is 0. The molecule has 0 radical (unpaired) electrons. The van der Waals surface area contributed by atoms with Crippen LogP contribution < -0.4 is 0 Å². The van der Waals surface area contributed by atoms with Crippen molar-refractivity contribution in [3.05, 3.63) is 139 Å². The van der Waals surface area contributed by atoms with Crippen LogP contribution in [-0.4, -0.2) is 24.9 Å². The number of rotatable bonds is 3. The zero-order valence-corrected chi connectivity index (χ0v) is 30.6. The number of benzene rings is 6. The van der Waals surface area contributed by atoms with Crippen LogP contribution in [0.25, 0.3) is 77.3 Å². The lowest BCUT2D eigenvalue weighted by molar-refractivity contribution is 0.504. The molecule has 2 aliphatic rings. The van der Waals surface area contributed by atoms with Gasteiger partial charge in [-0.1, -0.05) is 150 Å². The highest BCUT2D eigenvalue weighted by molar-refractivity contribution is 6.20.